The number of Topliss-reactive ketones (excluding diaryl/α,β-unsaturated/α-hetero) is 1. The van der Waals surface area contributed by atoms with Crippen LogP contribution in [0.15, 0.2) is 43.0 Å². The van der Waals surface area contributed by atoms with Gasteiger partial charge in [0, 0.05) is 6.42 Å². The number of rotatable bonds is 8. The molecule has 104 valence electrons. The van der Waals surface area contributed by atoms with Gasteiger partial charge in [0.05, 0.1) is 12.7 Å². The Hall–Kier alpha value is -2.56. The maximum Gasteiger partial charge on any atom is 0.441 e. The van der Waals surface area contributed by atoms with E-state index >= 15 is 0 Å². The number of aliphatic carboxylic acids is 1. The summed E-state index contributed by atoms with van der Waals surface area (Å²) >= 11 is 0. The molecule has 6 heteroatoms. The van der Waals surface area contributed by atoms with Crippen LogP contribution in [-0.2, 0) is 20.9 Å². The van der Waals surface area contributed by atoms with E-state index < -0.39 is 23.6 Å². The van der Waals surface area contributed by atoms with E-state index in [0.717, 1.165) is 5.56 Å². The Bertz CT molecular complexity index is 548. The van der Waals surface area contributed by atoms with Crippen molar-refractivity contribution >= 4 is 17.5 Å². The number of ether oxygens (including phenoxy) is 1. The van der Waals surface area contributed by atoms with Crippen LogP contribution < -0.4 is 0 Å². The van der Waals surface area contributed by atoms with Gasteiger partial charge in [-0.3, -0.25) is 4.79 Å². The van der Waals surface area contributed by atoms with Gasteiger partial charge in [0.15, 0.2) is 0 Å². The van der Waals surface area contributed by atoms with Gasteiger partial charge in [-0.15, -0.1) is 6.58 Å². The van der Waals surface area contributed by atoms with Gasteiger partial charge in [-0.05, 0) is 5.56 Å². The number of ketones is 1. The minimum Gasteiger partial charge on any atom is -0.472 e. The molecule has 0 bridgehead atoms. The molecule has 0 aliphatic heterocycles. The van der Waals surface area contributed by atoms with Crippen LogP contribution in [0.3, 0.4) is 0 Å². The summed E-state index contributed by atoms with van der Waals surface area (Å²) in [6.45, 7) is 3.80. The number of carboxylic acid groups (broad SMARTS) is 1. The molecule has 1 N–H and O–H groups in total. The molecule has 1 rings (SSSR count). The summed E-state index contributed by atoms with van der Waals surface area (Å²) in [5, 5.41) is 8.66. The van der Waals surface area contributed by atoms with E-state index in [1.807, 2.05) is 30.3 Å². The molecule has 0 spiro atoms. The van der Waals surface area contributed by atoms with Crippen molar-refractivity contribution in [1.82, 2.24) is 0 Å². The molecule has 1 unspecified atom stereocenters. The van der Waals surface area contributed by atoms with Gasteiger partial charge in [0.2, 0.25) is 0 Å². The number of carboxylic acids is 1. The molecule has 0 fully saturated rings. The molecule has 1 aromatic rings. The summed E-state index contributed by atoms with van der Waals surface area (Å²) in [5.74, 6) is -2.40. The van der Waals surface area contributed by atoms with Gasteiger partial charge in [-0.2, -0.15) is 4.79 Å². The maximum absolute atomic E-state index is 11.6. The quantitative estimate of drug-likeness (QED) is 0.255. The lowest BCUT2D eigenvalue weighted by Crippen LogP contribution is -2.28. The first-order valence-corrected chi connectivity index (χ1v) is 5.85. The number of carbonyl (C=O) groups excluding carboxylic acids is 1. The Morgan fingerprint density at radius 3 is 2.55 bits per heavy atom. The third-order valence-electron chi connectivity index (χ3n) is 2.52. The van der Waals surface area contributed by atoms with Crippen molar-refractivity contribution in [2.75, 3.05) is 0 Å². The minimum atomic E-state index is -1.58. The van der Waals surface area contributed by atoms with Crippen LogP contribution in [-0.4, -0.2) is 33.5 Å². The van der Waals surface area contributed by atoms with E-state index in [4.69, 9.17) is 15.4 Å². The first-order valence-electron chi connectivity index (χ1n) is 5.85. The SMILES string of the molecule is C=CC(CC(=O)C(=[N+]=[N-])C(=O)O)OCc1ccccc1. The molecule has 0 radical (unpaired) electrons. The molecule has 0 saturated heterocycles. The zero-order valence-corrected chi connectivity index (χ0v) is 10.7. The number of hydrogen-bond acceptors (Lipinski definition) is 3. The monoisotopic (exact) mass is 274 g/mol. The van der Waals surface area contributed by atoms with Crippen LogP contribution in [0.2, 0.25) is 0 Å². The lowest BCUT2D eigenvalue weighted by atomic mass is 10.1. The Kier molecular flexibility index (Phi) is 6.03. The van der Waals surface area contributed by atoms with Gasteiger partial charge < -0.3 is 15.4 Å². The largest absolute Gasteiger partial charge is 0.472 e. The zero-order valence-electron chi connectivity index (χ0n) is 10.7. The van der Waals surface area contributed by atoms with Crippen molar-refractivity contribution in [2.24, 2.45) is 0 Å². The lowest BCUT2D eigenvalue weighted by molar-refractivity contribution is -0.137. The molecule has 0 amide bonds. The Morgan fingerprint density at radius 2 is 2.05 bits per heavy atom. The van der Waals surface area contributed by atoms with Gasteiger partial charge >= 0.3 is 11.7 Å². The van der Waals surface area contributed by atoms with Crippen molar-refractivity contribution in [2.45, 2.75) is 19.1 Å². The van der Waals surface area contributed by atoms with Crippen LogP contribution >= 0.6 is 0 Å². The van der Waals surface area contributed by atoms with Gasteiger partial charge in [-0.25, -0.2) is 4.79 Å². The molecular weight excluding hydrogens is 260 g/mol. The third kappa shape index (κ3) is 4.61. The van der Waals surface area contributed by atoms with Crippen molar-refractivity contribution in [3.8, 4) is 0 Å². The van der Waals surface area contributed by atoms with Gasteiger partial charge in [-0.1, -0.05) is 36.4 Å². The van der Waals surface area contributed by atoms with E-state index in [-0.39, 0.29) is 13.0 Å². The van der Waals surface area contributed by atoms with Crippen molar-refractivity contribution in [3.63, 3.8) is 0 Å². The summed E-state index contributed by atoms with van der Waals surface area (Å²) in [6, 6.07) is 9.30. The van der Waals surface area contributed by atoms with Crippen molar-refractivity contribution in [1.29, 1.82) is 0 Å². The topological polar surface area (TPSA) is 100 Å². The molecule has 0 saturated carbocycles. The molecule has 0 aliphatic carbocycles. The molecule has 0 aliphatic rings. The van der Waals surface area contributed by atoms with Crippen LogP contribution in [0.4, 0.5) is 0 Å². The second-order valence-corrected chi connectivity index (χ2v) is 3.95. The fourth-order valence-corrected chi connectivity index (χ4v) is 1.49. The van der Waals surface area contributed by atoms with E-state index in [9.17, 15) is 9.59 Å². The highest BCUT2D eigenvalue weighted by molar-refractivity contribution is 6.61. The van der Waals surface area contributed by atoms with Crippen LogP contribution in [0.25, 0.3) is 5.53 Å². The van der Waals surface area contributed by atoms with E-state index in [2.05, 4.69) is 11.4 Å². The number of benzene rings is 1. The molecule has 0 heterocycles. The predicted molar refractivity (Wildman–Crippen MR) is 71.1 cm³/mol. The van der Waals surface area contributed by atoms with E-state index in [1.165, 1.54) is 6.08 Å². The summed E-state index contributed by atoms with van der Waals surface area (Å²) in [6.07, 6.45) is 0.499. The molecule has 6 nitrogen and oxygen atoms in total. The molecule has 1 atom stereocenters. The average molecular weight is 274 g/mol. The summed E-state index contributed by atoms with van der Waals surface area (Å²) < 4.78 is 5.45. The molecule has 1 aromatic carbocycles. The Morgan fingerprint density at radius 1 is 1.40 bits per heavy atom. The lowest BCUT2D eigenvalue weighted by Gasteiger charge is -2.11. The van der Waals surface area contributed by atoms with E-state index in [1.54, 1.807) is 0 Å². The summed E-state index contributed by atoms with van der Waals surface area (Å²) in [7, 11) is 0. The fourth-order valence-electron chi connectivity index (χ4n) is 1.49. The molecule has 20 heavy (non-hydrogen) atoms. The molecule has 0 aromatic heterocycles. The standard InChI is InChI=1S/C14H14N2O4/c1-2-11(8-12(17)13(16-15)14(18)19)20-9-10-6-4-3-5-7-10/h2-7,11H,1,8-9H2,(H,18,19). The smallest absolute Gasteiger partial charge is 0.441 e. The highest BCUT2D eigenvalue weighted by Crippen LogP contribution is 2.07. The Labute approximate surface area is 115 Å². The predicted octanol–water partition coefficient (Wildman–Crippen LogP) is 1.47. The number of hydrogen-bond donors (Lipinski definition) is 1. The third-order valence-corrected chi connectivity index (χ3v) is 2.52. The van der Waals surface area contributed by atoms with Gasteiger partial charge in [0.1, 0.15) is 0 Å². The van der Waals surface area contributed by atoms with Crippen LogP contribution in [0, 0.1) is 0 Å². The van der Waals surface area contributed by atoms with Crippen LogP contribution in [0.5, 0.6) is 0 Å². The molecular formula is C14H14N2O4. The maximum atomic E-state index is 11.6. The second kappa shape index (κ2) is 7.78. The normalized spacial score (nSPS) is 11.2. The minimum absolute atomic E-state index is 0.248. The second-order valence-electron chi connectivity index (χ2n) is 3.95. The fraction of sp³-hybridized carbons (Fsp3) is 0.214. The first-order chi connectivity index (χ1) is 9.58. The Balaban J connectivity index is 2.60. The highest BCUT2D eigenvalue weighted by atomic mass is 16.5. The van der Waals surface area contributed by atoms with Crippen molar-refractivity contribution in [3.05, 3.63) is 54.1 Å². The highest BCUT2D eigenvalue weighted by Gasteiger charge is 2.30. The van der Waals surface area contributed by atoms with Crippen molar-refractivity contribution < 1.29 is 24.2 Å². The summed E-state index contributed by atoms with van der Waals surface area (Å²) in [4.78, 5) is 24.7. The van der Waals surface area contributed by atoms with Gasteiger partial charge in [0.25, 0.3) is 5.78 Å². The summed E-state index contributed by atoms with van der Waals surface area (Å²) in [5.41, 5.74) is 8.48. The number of nitrogens with zero attached hydrogens (tertiary/aromatic N) is 2. The number of carbonyl (C=O) groups is 2. The van der Waals surface area contributed by atoms with E-state index in [0.29, 0.717) is 0 Å². The van der Waals surface area contributed by atoms with Crippen LogP contribution in [0.1, 0.15) is 12.0 Å². The average Bonchev–Trinajstić information content (AvgIpc) is 2.44. The first kappa shape index (κ1) is 15.5. The zero-order chi connectivity index (χ0) is 15.0.